The summed E-state index contributed by atoms with van der Waals surface area (Å²) in [5.41, 5.74) is 2.66. The SMILES string of the molecule is COc1ccc(C)cc1NC(=O)C1CN(c2nc3c(OC)cccc3s2)C1. The van der Waals surface area contributed by atoms with E-state index < -0.39 is 0 Å². The Morgan fingerprint density at radius 2 is 1.96 bits per heavy atom. The lowest BCUT2D eigenvalue weighted by atomic mass is 10.00. The van der Waals surface area contributed by atoms with E-state index in [1.807, 2.05) is 43.3 Å². The Bertz CT molecular complexity index is 995. The Morgan fingerprint density at radius 1 is 1.19 bits per heavy atom. The predicted octanol–water partition coefficient (Wildman–Crippen LogP) is 3.70. The molecule has 1 aliphatic heterocycles. The van der Waals surface area contributed by atoms with Crippen molar-refractivity contribution < 1.29 is 14.3 Å². The normalized spacial score (nSPS) is 14.1. The molecule has 1 amide bonds. The molecule has 3 aromatic rings. The van der Waals surface area contributed by atoms with Crippen molar-refractivity contribution in [3.05, 3.63) is 42.0 Å². The number of rotatable bonds is 5. The molecule has 27 heavy (non-hydrogen) atoms. The summed E-state index contributed by atoms with van der Waals surface area (Å²) < 4.78 is 11.8. The zero-order valence-electron chi connectivity index (χ0n) is 15.5. The zero-order valence-corrected chi connectivity index (χ0v) is 16.3. The number of amides is 1. The molecule has 140 valence electrons. The molecule has 1 aromatic heterocycles. The minimum absolute atomic E-state index is 0.00819. The van der Waals surface area contributed by atoms with Gasteiger partial charge in [0.05, 0.1) is 30.5 Å². The number of carbonyl (C=O) groups excluding carboxylic acids is 1. The summed E-state index contributed by atoms with van der Waals surface area (Å²) in [6, 6.07) is 11.7. The number of ether oxygens (including phenoxy) is 2. The number of fused-ring (bicyclic) bond motifs is 1. The molecule has 1 N–H and O–H groups in total. The lowest BCUT2D eigenvalue weighted by Gasteiger charge is -2.38. The molecule has 1 saturated heterocycles. The van der Waals surface area contributed by atoms with Crippen LogP contribution in [-0.4, -0.2) is 38.2 Å². The van der Waals surface area contributed by atoms with Crippen LogP contribution in [0.15, 0.2) is 36.4 Å². The highest BCUT2D eigenvalue weighted by Gasteiger charge is 2.35. The van der Waals surface area contributed by atoms with Crippen LogP contribution in [0.25, 0.3) is 10.2 Å². The zero-order chi connectivity index (χ0) is 19.0. The Kier molecular flexibility index (Phi) is 4.61. The van der Waals surface area contributed by atoms with Crippen molar-refractivity contribution in [2.24, 2.45) is 5.92 Å². The molecule has 0 spiro atoms. The molecular weight excluding hydrogens is 362 g/mol. The fourth-order valence-corrected chi connectivity index (χ4v) is 4.17. The summed E-state index contributed by atoms with van der Waals surface area (Å²) in [6.07, 6.45) is 0. The molecule has 0 atom stereocenters. The number of aromatic nitrogens is 1. The molecule has 2 heterocycles. The third-order valence-corrected chi connectivity index (χ3v) is 5.81. The number of nitrogens with one attached hydrogen (secondary N) is 1. The highest BCUT2D eigenvalue weighted by Crippen LogP contribution is 2.37. The fourth-order valence-electron chi connectivity index (χ4n) is 3.17. The number of aryl methyl sites for hydroxylation is 1. The van der Waals surface area contributed by atoms with Crippen molar-refractivity contribution in [2.75, 3.05) is 37.5 Å². The molecule has 0 saturated carbocycles. The molecule has 1 fully saturated rings. The third kappa shape index (κ3) is 3.30. The predicted molar refractivity (Wildman–Crippen MR) is 108 cm³/mol. The molecular formula is C20H21N3O3S. The number of benzene rings is 2. The first kappa shape index (κ1) is 17.6. The number of thiazole rings is 1. The van der Waals surface area contributed by atoms with Crippen molar-refractivity contribution in [1.82, 2.24) is 4.98 Å². The lowest BCUT2D eigenvalue weighted by molar-refractivity contribution is -0.120. The van der Waals surface area contributed by atoms with Crippen LogP contribution in [0.5, 0.6) is 11.5 Å². The van der Waals surface area contributed by atoms with Gasteiger partial charge in [-0.05, 0) is 36.8 Å². The van der Waals surface area contributed by atoms with Crippen LogP contribution in [0.1, 0.15) is 5.56 Å². The van der Waals surface area contributed by atoms with Crippen LogP contribution in [0.2, 0.25) is 0 Å². The molecule has 7 heteroatoms. The van der Waals surface area contributed by atoms with Crippen molar-refractivity contribution in [1.29, 1.82) is 0 Å². The molecule has 2 aromatic carbocycles. The number of methoxy groups -OCH3 is 2. The molecule has 6 nitrogen and oxygen atoms in total. The Balaban J connectivity index is 1.44. The maximum atomic E-state index is 12.6. The average Bonchev–Trinajstić information content (AvgIpc) is 3.04. The summed E-state index contributed by atoms with van der Waals surface area (Å²) in [5, 5.41) is 3.92. The number of para-hydroxylation sites is 1. The van der Waals surface area contributed by atoms with Gasteiger partial charge < -0.3 is 19.7 Å². The van der Waals surface area contributed by atoms with E-state index in [9.17, 15) is 4.79 Å². The second-order valence-corrected chi connectivity index (χ2v) is 7.61. The standard InChI is InChI=1S/C20H21N3O3S/c1-12-7-8-15(25-2)14(9-12)21-19(24)13-10-23(11-13)20-22-18-16(26-3)5-4-6-17(18)27-20/h4-9,13H,10-11H2,1-3H3,(H,21,24). The van der Waals surface area contributed by atoms with Crippen molar-refractivity contribution in [3.8, 4) is 11.5 Å². The van der Waals surface area contributed by atoms with Gasteiger partial charge in [0.15, 0.2) is 5.13 Å². The Hall–Kier alpha value is -2.80. The number of hydrogen-bond donors (Lipinski definition) is 1. The van der Waals surface area contributed by atoms with Gasteiger partial charge in [-0.2, -0.15) is 0 Å². The van der Waals surface area contributed by atoms with Gasteiger partial charge in [-0.3, -0.25) is 4.79 Å². The van der Waals surface area contributed by atoms with E-state index in [1.165, 1.54) is 0 Å². The fraction of sp³-hybridized carbons (Fsp3) is 0.300. The maximum absolute atomic E-state index is 12.6. The van der Waals surface area contributed by atoms with Crippen LogP contribution < -0.4 is 19.7 Å². The van der Waals surface area contributed by atoms with E-state index >= 15 is 0 Å². The molecule has 0 bridgehead atoms. The molecule has 0 aliphatic carbocycles. The Labute approximate surface area is 161 Å². The van der Waals surface area contributed by atoms with Crippen LogP contribution >= 0.6 is 11.3 Å². The maximum Gasteiger partial charge on any atom is 0.231 e. The monoisotopic (exact) mass is 383 g/mol. The van der Waals surface area contributed by atoms with E-state index in [-0.39, 0.29) is 11.8 Å². The van der Waals surface area contributed by atoms with Crippen LogP contribution in [0, 0.1) is 12.8 Å². The highest BCUT2D eigenvalue weighted by atomic mass is 32.1. The van der Waals surface area contributed by atoms with Gasteiger partial charge in [-0.1, -0.05) is 23.5 Å². The second-order valence-electron chi connectivity index (χ2n) is 6.60. The molecule has 0 unspecified atom stereocenters. The lowest BCUT2D eigenvalue weighted by Crippen LogP contribution is -2.52. The topological polar surface area (TPSA) is 63.7 Å². The highest BCUT2D eigenvalue weighted by molar-refractivity contribution is 7.22. The second kappa shape index (κ2) is 7.08. The van der Waals surface area contributed by atoms with Crippen molar-refractivity contribution in [3.63, 3.8) is 0 Å². The molecule has 1 aliphatic rings. The minimum atomic E-state index is -0.0656. The van der Waals surface area contributed by atoms with Crippen molar-refractivity contribution in [2.45, 2.75) is 6.92 Å². The molecule has 0 radical (unpaired) electrons. The van der Waals surface area contributed by atoms with Crippen molar-refractivity contribution >= 4 is 38.3 Å². The Morgan fingerprint density at radius 3 is 2.70 bits per heavy atom. The van der Waals surface area contributed by atoms with Gasteiger partial charge in [0, 0.05) is 13.1 Å². The first-order chi connectivity index (χ1) is 13.1. The first-order valence-corrected chi connectivity index (χ1v) is 9.54. The summed E-state index contributed by atoms with van der Waals surface area (Å²) in [7, 11) is 3.25. The van der Waals surface area contributed by atoms with Gasteiger partial charge in [0.2, 0.25) is 5.91 Å². The summed E-state index contributed by atoms with van der Waals surface area (Å²) in [5.74, 6) is 1.39. The average molecular weight is 383 g/mol. The van der Waals surface area contributed by atoms with Gasteiger partial charge in [0.1, 0.15) is 17.0 Å². The van der Waals surface area contributed by atoms with Crippen LogP contribution in [0.3, 0.4) is 0 Å². The van der Waals surface area contributed by atoms with E-state index in [1.54, 1.807) is 25.6 Å². The third-order valence-electron chi connectivity index (χ3n) is 4.73. The van der Waals surface area contributed by atoms with Crippen LogP contribution in [0.4, 0.5) is 10.8 Å². The summed E-state index contributed by atoms with van der Waals surface area (Å²) >= 11 is 1.62. The van der Waals surface area contributed by atoms with E-state index in [2.05, 4.69) is 15.2 Å². The van der Waals surface area contributed by atoms with Gasteiger partial charge in [-0.25, -0.2) is 4.98 Å². The van der Waals surface area contributed by atoms with Gasteiger partial charge >= 0.3 is 0 Å². The first-order valence-electron chi connectivity index (χ1n) is 8.73. The van der Waals surface area contributed by atoms with E-state index in [4.69, 9.17) is 9.47 Å². The number of hydrogen-bond acceptors (Lipinski definition) is 6. The minimum Gasteiger partial charge on any atom is -0.495 e. The smallest absolute Gasteiger partial charge is 0.231 e. The van der Waals surface area contributed by atoms with E-state index in [0.29, 0.717) is 24.5 Å². The van der Waals surface area contributed by atoms with Crippen LogP contribution in [-0.2, 0) is 4.79 Å². The summed E-state index contributed by atoms with van der Waals surface area (Å²) in [6.45, 7) is 3.30. The quantitative estimate of drug-likeness (QED) is 0.728. The number of carbonyl (C=O) groups is 1. The number of nitrogens with zero attached hydrogens (tertiary/aromatic N) is 2. The summed E-state index contributed by atoms with van der Waals surface area (Å²) in [4.78, 5) is 19.4. The van der Waals surface area contributed by atoms with E-state index in [0.717, 1.165) is 26.7 Å². The largest absolute Gasteiger partial charge is 0.495 e. The van der Waals surface area contributed by atoms with Gasteiger partial charge in [-0.15, -0.1) is 0 Å². The molecule has 4 rings (SSSR count). The van der Waals surface area contributed by atoms with Gasteiger partial charge in [0.25, 0.3) is 0 Å². The number of anilines is 2.